The first-order chi connectivity index (χ1) is 18.5. The summed E-state index contributed by atoms with van der Waals surface area (Å²) in [7, 11) is 0. The maximum absolute atomic E-state index is 13.2. The quantitative estimate of drug-likeness (QED) is 0.247. The van der Waals surface area contributed by atoms with E-state index in [2.05, 4.69) is 17.6 Å². The maximum atomic E-state index is 13.2. The first kappa shape index (κ1) is 25.2. The average Bonchev–Trinajstić information content (AvgIpc) is 3.15. The van der Waals surface area contributed by atoms with Crippen molar-refractivity contribution in [2.24, 2.45) is 0 Å². The predicted molar refractivity (Wildman–Crippen MR) is 152 cm³/mol. The summed E-state index contributed by atoms with van der Waals surface area (Å²) in [4.78, 5) is 40.2. The van der Waals surface area contributed by atoms with Crippen LogP contribution in [0.3, 0.4) is 0 Å². The standard InChI is InChI=1S/C31H26ClN3O3/c1-2-3-8-20-15-17-24(18-16-20)35-30(37)27(32)28(31(35)38)33-23-12-6-11-22(19-23)29(36)34-26-14-7-10-21-9-4-5-13-25(21)26/h4-7,9-19,33H,2-3,8H2,1H3,(H,34,36). The molecule has 190 valence electrons. The Hall–Kier alpha value is -4.42. The monoisotopic (exact) mass is 523 g/mol. The predicted octanol–water partition coefficient (Wildman–Crippen LogP) is 6.87. The lowest BCUT2D eigenvalue weighted by Gasteiger charge is -2.16. The van der Waals surface area contributed by atoms with E-state index in [-0.39, 0.29) is 16.6 Å². The zero-order chi connectivity index (χ0) is 26.6. The van der Waals surface area contributed by atoms with Gasteiger partial charge < -0.3 is 10.6 Å². The number of carbonyl (C=O) groups excluding carboxylic acids is 3. The Labute approximate surface area is 225 Å². The fourth-order valence-corrected chi connectivity index (χ4v) is 4.66. The van der Waals surface area contributed by atoms with Crippen molar-refractivity contribution >= 4 is 57.2 Å². The Morgan fingerprint density at radius 2 is 1.61 bits per heavy atom. The van der Waals surface area contributed by atoms with Crippen molar-refractivity contribution < 1.29 is 14.4 Å². The number of rotatable bonds is 8. The van der Waals surface area contributed by atoms with E-state index < -0.39 is 11.8 Å². The molecule has 7 heteroatoms. The minimum Gasteiger partial charge on any atom is -0.350 e. The van der Waals surface area contributed by atoms with Gasteiger partial charge in [0.1, 0.15) is 10.7 Å². The van der Waals surface area contributed by atoms with E-state index in [9.17, 15) is 14.4 Å². The molecule has 4 aromatic rings. The average molecular weight is 524 g/mol. The van der Waals surface area contributed by atoms with Crippen molar-refractivity contribution in [3.05, 3.63) is 113 Å². The van der Waals surface area contributed by atoms with Crippen molar-refractivity contribution in [3.63, 3.8) is 0 Å². The molecule has 0 atom stereocenters. The van der Waals surface area contributed by atoms with Crippen LogP contribution in [0.2, 0.25) is 0 Å². The van der Waals surface area contributed by atoms with Crippen LogP contribution < -0.4 is 15.5 Å². The molecule has 2 N–H and O–H groups in total. The molecule has 38 heavy (non-hydrogen) atoms. The zero-order valence-electron chi connectivity index (χ0n) is 20.8. The molecular formula is C31H26ClN3O3. The van der Waals surface area contributed by atoms with Crippen LogP contribution in [0, 0.1) is 0 Å². The number of nitrogens with zero attached hydrogens (tertiary/aromatic N) is 1. The Bertz CT molecular complexity index is 1570. The molecule has 5 rings (SSSR count). The largest absolute Gasteiger partial charge is 0.350 e. The number of anilines is 3. The molecule has 0 bridgehead atoms. The Kier molecular flexibility index (Phi) is 7.24. The molecule has 1 heterocycles. The minimum absolute atomic E-state index is 0.0293. The molecule has 0 aliphatic carbocycles. The van der Waals surface area contributed by atoms with Crippen molar-refractivity contribution in [2.45, 2.75) is 26.2 Å². The third kappa shape index (κ3) is 5.04. The van der Waals surface area contributed by atoms with Gasteiger partial charge in [-0.3, -0.25) is 14.4 Å². The van der Waals surface area contributed by atoms with Crippen LogP contribution in [0.15, 0.2) is 102 Å². The van der Waals surface area contributed by atoms with E-state index >= 15 is 0 Å². The fourth-order valence-electron chi connectivity index (χ4n) is 4.45. The Morgan fingerprint density at radius 3 is 2.39 bits per heavy atom. The molecule has 0 radical (unpaired) electrons. The lowest BCUT2D eigenvalue weighted by molar-refractivity contribution is -0.120. The summed E-state index contributed by atoms with van der Waals surface area (Å²) in [6.07, 6.45) is 3.10. The molecule has 4 aromatic carbocycles. The number of aryl methyl sites for hydroxylation is 1. The SMILES string of the molecule is CCCCc1ccc(N2C(=O)C(Cl)=C(Nc3cccc(C(=O)Nc4cccc5ccccc45)c3)C2=O)cc1. The maximum Gasteiger partial charge on any atom is 0.283 e. The smallest absolute Gasteiger partial charge is 0.283 e. The van der Waals surface area contributed by atoms with Gasteiger partial charge in [-0.25, -0.2) is 4.90 Å². The first-order valence-electron chi connectivity index (χ1n) is 12.5. The molecule has 0 aromatic heterocycles. The summed E-state index contributed by atoms with van der Waals surface area (Å²) < 4.78 is 0. The molecule has 1 aliphatic rings. The highest BCUT2D eigenvalue weighted by Crippen LogP contribution is 2.31. The second-order valence-corrected chi connectivity index (χ2v) is 9.47. The molecule has 0 saturated carbocycles. The molecule has 3 amide bonds. The first-order valence-corrected chi connectivity index (χ1v) is 12.9. The third-order valence-electron chi connectivity index (χ3n) is 6.47. The van der Waals surface area contributed by atoms with Crippen molar-refractivity contribution in [3.8, 4) is 0 Å². The Morgan fingerprint density at radius 1 is 0.868 bits per heavy atom. The van der Waals surface area contributed by atoms with Gasteiger partial charge in [0.15, 0.2) is 0 Å². The Balaban J connectivity index is 1.33. The zero-order valence-corrected chi connectivity index (χ0v) is 21.6. The van der Waals surface area contributed by atoms with Gasteiger partial charge in [-0.15, -0.1) is 0 Å². The summed E-state index contributed by atoms with van der Waals surface area (Å²) in [6, 6.07) is 27.6. The number of halogens is 1. The van der Waals surface area contributed by atoms with Crippen LogP contribution in [-0.2, 0) is 16.0 Å². The van der Waals surface area contributed by atoms with Gasteiger partial charge in [0, 0.05) is 22.3 Å². The number of benzene rings is 4. The number of hydrogen-bond acceptors (Lipinski definition) is 4. The number of imide groups is 1. The molecule has 0 spiro atoms. The van der Waals surface area contributed by atoms with Crippen molar-refractivity contribution in [2.75, 3.05) is 15.5 Å². The highest BCUT2D eigenvalue weighted by Gasteiger charge is 2.39. The molecule has 0 saturated heterocycles. The van der Waals surface area contributed by atoms with E-state index in [1.54, 1.807) is 36.4 Å². The summed E-state index contributed by atoms with van der Waals surface area (Å²) in [5.41, 5.74) is 3.12. The van der Waals surface area contributed by atoms with Crippen LogP contribution in [0.1, 0.15) is 35.7 Å². The number of carbonyl (C=O) groups is 3. The number of nitrogens with one attached hydrogen (secondary N) is 2. The molecule has 0 unspecified atom stereocenters. The van der Waals surface area contributed by atoms with Crippen LogP contribution in [0.25, 0.3) is 10.8 Å². The van der Waals surface area contributed by atoms with Gasteiger partial charge >= 0.3 is 0 Å². The minimum atomic E-state index is -0.592. The van der Waals surface area contributed by atoms with Gasteiger partial charge in [-0.05, 0) is 60.2 Å². The van der Waals surface area contributed by atoms with E-state index in [0.717, 1.165) is 40.5 Å². The second kappa shape index (κ2) is 10.9. The fraction of sp³-hybridized carbons (Fsp3) is 0.129. The van der Waals surface area contributed by atoms with Gasteiger partial charge in [-0.1, -0.05) is 79.5 Å². The highest BCUT2D eigenvalue weighted by molar-refractivity contribution is 6.53. The highest BCUT2D eigenvalue weighted by atomic mass is 35.5. The van der Waals surface area contributed by atoms with E-state index in [1.807, 2.05) is 54.6 Å². The normalized spacial score (nSPS) is 13.4. The lowest BCUT2D eigenvalue weighted by atomic mass is 10.1. The summed E-state index contributed by atoms with van der Waals surface area (Å²) in [5, 5.41) is 7.67. The van der Waals surface area contributed by atoms with E-state index in [0.29, 0.717) is 22.6 Å². The van der Waals surface area contributed by atoms with E-state index in [4.69, 9.17) is 11.6 Å². The van der Waals surface area contributed by atoms with Crippen LogP contribution in [0.4, 0.5) is 17.1 Å². The number of unbranched alkanes of at least 4 members (excludes halogenated alkanes) is 1. The van der Waals surface area contributed by atoms with Crippen LogP contribution in [0.5, 0.6) is 0 Å². The molecular weight excluding hydrogens is 498 g/mol. The molecule has 0 fully saturated rings. The van der Waals surface area contributed by atoms with Crippen LogP contribution in [-0.4, -0.2) is 17.7 Å². The van der Waals surface area contributed by atoms with Crippen molar-refractivity contribution in [1.29, 1.82) is 0 Å². The van der Waals surface area contributed by atoms with Gasteiger partial charge in [0.05, 0.1) is 5.69 Å². The molecule has 6 nitrogen and oxygen atoms in total. The van der Waals surface area contributed by atoms with Gasteiger partial charge in [0.2, 0.25) is 0 Å². The summed E-state index contributed by atoms with van der Waals surface area (Å²) in [5.74, 6) is -1.44. The number of fused-ring (bicyclic) bond motifs is 1. The second-order valence-electron chi connectivity index (χ2n) is 9.09. The van der Waals surface area contributed by atoms with Crippen LogP contribution >= 0.6 is 11.6 Å². The summed E-state index contributed by atoms with van der Waals surface area (Å²) in [6.45, 7) is 2.13. The summed E-state index contributed by atoms with van der Waals surface area (Å²) >= 11 is 6.31. The molecule has 1 aliphatic heterocycles. The number of hydrogen-bond donors (Lipinski definition) is 2. The third-order valence-corrected chi connectivity index (χ3v) is 6.82. The number of amides is 3. The lowest BCUT2D eigenvalue weighted by Crippen LogP contribution is -2.32. The van der Waals surface area contributed by atoms with Gasteiger partial charge in [-0.2, -0.15) is 0 Å². The van der Waals surface area contributed by atoms with E-state index in [1.165, 1.54) is 0 Å². The van der Waals surface area contributed by atoms with Crippen molar-refractivity contribution in [1.82, 2.24) is 0 Å². The van der Waals surface area contributed by atoms with Gasteiger partial charge in [0.25, 0.3) is 17.7 Å². The topological polar surface area (TPSA) is 78.5 Å².